The van der Waals surface area contributed by atoms with Crippen LogP contribution in [0.2, 0.25) is 0 Å². The van der Waals surface area contributed by atoms with Gasteiger partial charge in [-0.25, -0.2) is 0 Å². The molecule has 16 heavy (non-hydrogen) atoms. The lowest BCUT2D eigenvalue weighted by Crippen LogP contribution is -2.15. The molecule has 0 amide bonds. The summed E-state index contributed by atoms with van der Waals surface area (Å²) in [6.07, 6.45) is 0. The fourth-order valence-electron chi connectivity index (χ4n) is 1.58. The molecule has 0 aliphatic carbocycles. The zero-order chi connectivity index (χ0) is 11.8. The highest BCUT2D eigenvalue weighted by molar-refractivity contribution is 8.14. The lowest BCUT2D eigenvalue weighted by Gasteiger charge is -2.10. The van der Waals surface area contributed by atoms with Gasteiger partial charge in [-0.15, -0.1) is 11.8 Å². The van der Waals surface area contributed by atoms with Gasteiger partial charge in [0.25, 0.3) is 0 Å². The lowest BCUT2D eigenvalue weighted by molar-refractivity contribution is 0.373. The average molecular weight is 237 g/mol. The van der Waals surface area contributed by atoms with Crippen molar-refractivity contribution in [1.29, 1.82) is 0 Å². The second-order valence-corrected chi connectivity index (χ2v) is 5.34. The summed E-state index contributed by atoms with van der Waals surface area (Å²) in [6.45, 7) is 4.18. The van der Waals surface area contributed by atoms with Crippen molar-refractivity contribution in [2.24, 2.45) is 4.99 Å². The third-order valence-corrected chi connectivity index (χ3v) is 3.85. The highest BCUT2D eigenvalue weighted by atomic mass is 32.2. The van der Waals surface area contributed by atoms with Gasteiger partial charge in [0.2, 0.25) is 0 Å². The Morgan fingerprint density at radius 1 is 1.44 bits per heavy atom. The predicted molar refractivity (Wildman–Crippen MR) is 67.7 cm³/mol. The third kappa shape index (κ3) is 2.02. The van der Waals surface area contributed by atoms with Crippen LogP contribution in [0.1, 0.15) is 19.4 Å². The van der Waals surface area contributed by atoms with E-state index in [0.29, 0.717) is 5.75 Å². The smallest absolute Gasteiger partial charge is 0.167 e. The first-order valence-corrected chi connectivity index (χ1v) is 6.11. The minimum Gasteiger partial charge on any atom is -0.504 e. The molecule has 0 fully saturated rings. The first kappa shape index (κ1) is 11.3. The fraction of sp³-hybridized carbons (Fsp3) is 0.417. The maximum Gasteiger partial charge on any atom is 0.167 e. The Morgan fingerprint density at radius 2 is 2.19 bits per heavy atom. The van der Waals surface area contributed by atoms with Crippen LogP contribution < -0.4 is 4.74 Å². The van der Waals surface area contributed by atoms with E-state index in [1.807, 2.05) is 12.1 Å². The molecular formula is C12H15NO2S. The summed E-state index contributed by atoms with van der Waals surface area (Å²) in [5.74, 6) is 1.61. The van der Waals surface area contributed by atoms with E-state index < -0.39 is 0 Å². The van der Waals surface area contributed by atoms with Gasteiger partial charge in [0.05, 0.1) is 18.2 Å². The molecule has 1 aromatic carbocycles. The van der Waals surface area contributed by atoms with Crippen molar-refractivity contribution in [3.05, 3.63) is 23.8 Å². The summed E-state index contributed by atoms with van der Waals surface area (Å²) in [4.78, 5) is 4.59. The molecule has 0 saturated carbocycles. The van der Waals surface area contributed by atoms with Crippen LogP contribution in [0.25, 0.3) is 0 Å². The van der Waals surface area contributed by atoms with E-state index in [2.05, 4.69) is 18.8 Å². The number of phenols is 1. The van der Waals surface area contributed by atoms with Crippen molar-refractivity contribution in [3.8, 4) is 11.5 Å². The maximum atomic E-state index is 10.0. The SMILES string of the molecule is COc1cccc(C2=NC(C)(C)CS2)c1O. The minimum absolute atomic E-state index is 0.0461. The fourth-order valence-corrected chi connectivity index (χ4v) is 2.77. The summed E-state index contributed by atoms with van der Waals surface area (Å²) < 4.78 is 5.08. The van der Waals surface area contributed by atoms with E-state index in [9.17, 15) is 5.11 Å². The Balaban J connectivity index is 2.42. The number of benzene rings is 1. The topological polar surface area (TPSA) is 41.8 Å². The van der Waals surface area contributed by atoms with Crippen molar-refractivity contribution in [1.82, 2.24) is 0 Å². The standard InChI is InChI=1S/C12H15NO2S/c1-12(2)7-16-11(13-12)8-5-4-6-9(15-3)10(8)14/h4-6,14H,7H2,1-3H3. The number of thioether (sulfide) groups is 1. The van der Waals surface area contributed by atoms with E-state index in [1.165, 1.54) is 0 Å². The molecule has 4 heteroatoms. The van der Waals surface area contributed by atoms with Gasteiger partial charge in [-0.2, -0.15) is 0 Å². The summed E-state index contributed by atoms with van der Waals surface area (Å²) in [7, 11) is 1.55. The Bertz CT molecular complexity index is 441. The van der Waals surface area contributed by atoms with E-state index in [0.717, 1.165) is 16.4 Å². The summed E-state index contributed by atoms with van der Waals surface area (Å²) in [5, 5.41) is 10.9. The molecule has 1 aliphatic heterocycles. The minimum atomic E-state index is -0.0461. The van der Waals surface area contributed by atoms with Crippen LogP contribution in [0.5, 0.6) is 11.5 Å². The van der Waals surface area contributed by atoms with E-state index >= 15 is 0 Å². The van der Waals surface area contributed by atoms with Crippen molar-refractivity contribution < 1.29 is 9.84 Å². The molecule has 1 N–H and O–H groups in total. The highest BCUT2D eigenvalue weighted by Crippen LogP contribution is 2.37. The molecule has 1 heterocycles. The summed E-state index contributed by atoms with van der Waals surface area (Å²) in [5.41, 5.74) is 0.713. The van der Waals surface area contributed by atoms with Gasteiger partial charge in [-0.1, -0.05) is 6.07 Å². The number of rotatable bonds is 2. The molecule has 0 radical (unpaired) electrons. The Labute approximate surface area is 99.5 Å². The summed E-state index contributed by atoms with van der Waals surface area (Å²) in [6, 6.07) is 5.47. The Morgan fingerprint density at radius 3 is 2.75 bits per heavy atom. The maximum absolute atomic E-state index is 10.0. The molecule has 0 saturated heterocycles. The molecule has 0 atom stereocenters. The molecule has 2 rings (SSSR count). The number of nitrogens with zero attached hydrogens (tertiary/aromatic N) is 1. The van der Waals surface area contributed by atoms with Crippen LogP contribution in [-0.4, -0.2) is 28.6 Å². The highest BCUT2D eigenvalue weighted by Gasteiger charge is 2.27. The number of phenolic OH excluding ortho intramolecular Hbond substituents is 1. The van der Waals surface area contributed by atoms with Gasteiger partial charge in [0.15, 0.2) is 11.5 Å². The first-order chi connectivity index (χ1) is 7.53. The van der Waals surface area contributed by atoms with Crippen molar-refractivity contribution >= 4 is 16.8 Å². The number of para-hydroxylation sites is 1. The average Bonchev–Trinajstić information content (AvgIpc) is 2.59. The predicted octanol–water partition coefficient (Wildman–Crippen LogP) is 2.67. The van der Waals surface area contributed by atoms with E-state index in [-0.39, 0.29) is 11.3 Å². The van der Waals surface area contributed by atoms with Crippen molar-refractivity contribution in [2.75, 3.05) is 12.9 Å². The quantitative estimate of drug-likeness (QED) is 0.859. The Kier molecular flexibility index (Phi) is 2.84. The molecule has 1 aromatic rings. The second kappa shape index (κ2) is 4.01. The van der Waals surface area contributed by atoms with Crippen molar-refractivity contribution in [2.45, 2.75) is 19.4 Å². The summed E-state index contributed by atoms with van der Waals surface area (Å²) >= 11 is 1.67. The first-order valence-electron chi connectivity index (χ1n) is 5.12. The van der Waals surface area contributed by atoms with Gasteiger partial charge in [0.1, 0.15) is 5.04 Å². The van der Waals surface area contributed by atoms with Gasteiger partial charge in [-0.3, -0.25) is 4.99 Å². The van der Waals surface area contributed by atoms with Gasteiger partial charge >= 0.3 is 0 Å². The monoisotopic (exact) mass is 237 g/mol. The zero-order valence-corrected chi connectivity index (χ0v) is 10.5. The molecule has 1 aliphatic rings. The largest absolute Gasteiger partial charge is 0.504 e. The molecule has 86 valence electrons. The third-order valence-electron chi connectivity index (χ3n) is 2.42. The number of hydrogen-bond acceptors (Lipinski definition) is 4. The van der Waals surface area contributed by atoms with Gasteiger partial charge in [0, 0.05) is 5.75 Å². The van der Waals surface area contributed by atoms with Crippen molar-refractivity contribution in [3.63, 3.8) is 0 Å². The second-order valence-electron chi connectivity index (χ2n) is 4.37. The van der Waals surface area contributed by atoms with Gasteiger partial charge in [-0.05, 0) is 26.0 Å². The lowest BCUT2D eigenvalue weighted by atomic mass is 10.1. The molecular weight excluding hydrogens is 222 g/mol. The van der Waals surface area contributed by atoms with Crippen LogP contribution in [0, 0.1) is 0 Å². The van der Waals surface area contributed by atoms with Crippen LogP contribution in [0.3, 0.4) is 0 Å². The van der Waals surface area contributed by atoms with Gasteiger partial charge < -0.3 is 9.84 Å². The van der Waals surface area contributed by atoms with Crippen LogP contribution in [0.4, 0.5) is 0 Å². The van der Waals surface area contributed by atoms with Crippen LogP contribution in [0.15, 0.2) is 23.2 Å². The molecule has 0 bridgehead atoms. The molecule has 0 aromatic heterocycles. The number of ether oxygens (including phenoxy) is 1. The molecule has 0 spiro atoms. The number of aromatic hydroxyl groups is 1. The van der Waals surface area contributed by atoms with E-state index in [4.69, 9.17) is 4.74 Å². The number of methoxy groups -OCH3 is 1. The molecule has 3 nitrogen and oxygen atoms in total. The number of aliphatic imine (C=N–C) groups is 1. The van der Waals surface area contributed by atoms with Crippen LogP contribution in [-0.2, 0) is 0 Å². The number of hydrogen-bond donors (Lipinski definition) is 1. The zero-order valence-electron chi connectivity index (χ0n) is 9.65. The Hall–Kier alpha value is -1.16. The van der Waals surface area contributed by atoms with E-state index in [1.54, 1.807) is 24.9 Å². The van der Waals surface area contributed by atoms with Crippen LogP contribution >= 0.6 is 11.8 Å². The normalized spacial score (nSPS) is 18.3. The molecule has 0 unspecified atom stereocenters.